The first kappa shape index (κ1) is 25.3. The molecular weight excluding hydrogens is 483 g/mol. The number of carbonyl (C=O) groups excluding carboxylic acids is 3. The molecule has 36 heavy (non-hydrogen) atoms. The minimum absolute atomic E-state index is 0.0651. The van der Waals surface area contributed by atoms with Crippen molar-refractivity contribution < 1.29 is 28.6 Å². The number of aliphatic hydroxyl groups excluding tert-OH is 1. The minimum atomic E-state index is -2.03. The van der Waals surface area contributed by atoms with Crippen molar-refractivity contribution in [1.82, 2.24) is 0 Å². The number of aliphatic hydroxyl groups is 1. The fourth-order valence-corrected chi connectivity index (χ4v) is 8.48. The van der Waals surface area contributed by atoms with Crippen molar-refractivity contribution in [3.63, 3.8) is 0 Å². The van der Waals surface area contributed by atoms with Crippen LogP contribution < -0.4 is 0 Å². The van der Waals surface area contributed by atoms with Crippen LogP contribution in [0, 0.1) is 28.6 Å². The van der Waals surface area contributed by atoms with Gasteiger partial charge in [0.1, 0.15) is 0 Å². The Kier molecular flexibility index (Phi) is 5.88. The highest BCUT2D eigenvalue weighted by atomic mass is 35.5. The Bertz CT molecular complexity index is 1180. The van der Waals surface area contributed by atoms with Gasteiger partial charge in [0.2, 0.25) is 0 Å². The first-order valence-electron chi connectivity index (χ1n) is 12.6. The maximum absolute atomic E-state index is 17.4. The van der Waals surface area contributed by atoms with Crippen molar-refractivity contribution in [2.45, 2.75) is 63.8 Å². The van der Waals surface area contributed by atoms with E-state index in [1.54, 1.807) is 43.3 Å². The second-order valence-electron chi connectivity index (χ2n) is 11.4. The summed E-state index contributed by atoms with van der Waals surface area (Å²) >= 11 is 6.11. The molecule has 0 aromatic heterocycles. The Morgan fingerprint density at radius 3 is 2.56 bits per heavy atom. The number of rotatable bonds is 4. The van der Waals surface area contributed by atoms with Crippen LogP contribution in [-0.2, 0) is 14.3 Å². The van der Waals surface area contributed by atoms with Crippen LogP contribution >= 0.6 is 11.6 Å². The van der Waals surface area contributed by atoms with E-state index >= 15 is 4.39 Å². The molecule has 1 aromatic carbocycles. The van der Waals surface area contributed by atoms with Crippen LogP contribution in [0.1, 0.15) is 56.8 Å². The molecule has 5 rings (SSSR count). The molecule has 0 bridgehead atoms. The second kappa shape index (κ2) is 8.35. The Hall–Kier alpha value is -2.31. The van der Waals surface area contributed by atoms with Gasteiger partial charge in [-0.3, -0.25) is 9.59 Å². The van der Waals surface area contributed by atoms with Crippen LogP contribution in [0.5, 0.6) is 0 Å². The number of Topliss-reactive ketones (excluding diaryl/α,β-unsaturated/α-hetero) is 1. The average molecular weight is 515 g/mol. The van der Waals surface area contributed by atoms with Crippen LogP contribution in [0.25, 0.3) is 0 Å². The monoisotopic (exact) mass is 514 g/mol. The first-order valence-corrected chi connectivity index (χ1v) is 13.2. The van der Waals surface area contributed by atoms with Crippen LogP contribution in [-0.4, -0.2) is 45.9 Å². The third kappa shape index (κ3) is 3.06. The number of halogens is 2. The first-order chi connectivity index (χ1) is 17.0. The Morgan fingerprint density at radius 2 is 1.89 bits per heavy atom. The van der Waals surface area contributed by atoms with Gasteiger partial charge in [0.05, 0.1) is 17.5 Å². The second-order valence-corrected chi connectivity index (χ2v) is 11.7. The van der Waals surface area contributed by atoms with Gasteiger partial charge in [-0.1, -0.05) is 43.7 Å². The topological polar surface area (TPSA) is 80.7 Å². The van der Waals surface area contributed by atoms with Crippen LogP contribution in [0.3, 0.4) is 0 Å². The molecule has 7 heteroatoms. The lowest BCUT2D eigenvalue weighted by molar-refractivity contribution is -0.218. The van der Waals surface area contributed by atoms with Gasteiger partial charge in [-0.2, -0.15) is 0 Å². The summed E-state index contributed by atoms with van der Waals surface area (Å²) in [7, 11) is 0. The fraction of sp³-hybridized carbons (Fsp3) is 0.552. The molecule has 0 heterocycles. The number of esters is 1. The largest absolute Gasteiger partial charge is 0.447 e. The number of fused-ring (bicyclic) bond motifs is 5. The van der Waals surface area contributed by atoms with Crippen molar-refractivity contribution in [2.24, 2.45) is 28.6 Å². The number of benzene rings is 1. The average Bonchev–Trinajstić information content (AvgIpc) is 3.07. The molecule has 192 valence electrons. The molecule has 4 aliphatic carbocycles. The molecule has 0 aliphatic heterocycles. The van der Waals surface area contributed by atoms with Gasteiger partial charge in [-0.05, 0) is 62.8 Å². The highest BCUT2D eigenvalue weighted by Crippen LogP contribution is 2.71. The van der Waals surface area contributed by atoms with Crippen LogP contribution in [0.15, 0.2) is 54.1 Å². The Morgan fingerprint density at radius 1 is 1.19 bits per heavy atom. The zero-order valence-electron chi connectivity index (χ0n) is 20.8. The number of ketones is 2. The summed E-state index contributed by atoms with van der Waals surface area (Å²) in [5, 5.41) is 11.6. The van der Waals surface area contributed by atoms with Crippen LogP contribution in [0.2, 0.25) is 0 Å². The number of carbonyl (C=O) groups is 3. The van der Waals surface area contributed by atoms with Crippen molar-refractivity contribution in [1.29, 1.82) is 0 Å². The van der Waals surface area contributed by atoms with E-state index in [4.69, 9.17) is 16.3 Å². The predicted molar refractivity (Wildman–Crippen MR) is 133 cm³/mol. The summed E-state index contributed by atoms with van der Waals surface area (Å²) in [6.45, 7) is 5.46. The molecule has 0 unspecified atom stereocenters. The smallest absolute Gasteiger partial charge is 0.339 e. The van der Waals surface area contributed by atoms with Crippen molar-refractivity contribution >= 4 is 29.1 Å². The molecule has 0 spiro atoms. The zero-order chi connectivity index (χ0) is 26.1. The molecule has 0 amide bonds. The third-order valence-corrected chi connectivity index (χ3v) is 10.2. The van der Waals surface area contributed by atoms with Gasteiger partial charge in [-0.25, -0.2) is 9.18 Å². The normalized spacial score (nSPS) is 43.2. The third-order valence-electron chi connectivity index (χ3n) is 9.98. The minimum Gasteiger partial charge on any atom is -0.447 e. The molecule has 0 saturated heterocycles. The van der Waals surface area contributed by atoms with Gasteiger partial charge in [0.15, 0.2) is 22.8 Å². The molecule has 3 fully saturated rings. The van der Waals surface area contributed by atoms with Crippen molar-refractivity contribution in [3.05, 3.63) is 59.7 Å². The molecule has 0 radical (unpaired) electrons. The van der Waals surface area contributed by atoms with Gasteiger partial charge in [0, 0.05) is 22.7 Å². The highest BCUT2D eigenvalue weighted by molar-refractivity contribution is 6.29. The van der Waals surface area contributed by atoms with E-state index in [-0.39, 0.29) is 24.0 Å². The summed E-state index contributed by atoms with van der Waals surface area (Å²) in [6.07, 6.45) is 4.41. The predicted octanol–water partition coefficient (Wildman–Crippen LogP) is 5.01. The summed E-state index contributed by atoms with van der Waals surface area (Å²) in [5.74, 6) is -2.93. The lowest BCUT2D eigenvalue weighted by atomic mass is 9.44. The lowest BCUT2D eigenvalue weighted by Gasteiger charge is -2.62. The number of hydrogen-bond donors (Lipinski definition) is 1. The maximum Gasteiger partial charge on any atom is 0.339 e. The van der Waals surface area contributed by atoms with Gasteiger partial charge >= 0.3 is 5.97 Å². The van der Waals surface area contributed by atoms with E-state index < -0.39 is 51.8 Å². The van der Waals surface area contributed by atoms with Crippen LogP contribution in [0.4, 0.5) is 4.39 Å². The zero-order valence-corrected chi connectivity index (χ0v) is 21.6. The summed E-state index contributed by atoms with van der Waals surface area (Å²) in [4.78, 5) is 38.9. The van der Waals surface area contributed by atoms with Gasteiger partial charge < -0.3 is 9.84 Å². The molecule has 8 atom stereocenters. The number of ether oxygens (including phenoxy) is 1. The van der Waals surface area contributed by atoms with Gasteiger partial charge in [0.25, 0.3) is 0 Å². The SMILES string of the molecule is C[C@@H]1C[C@H]2[C@@H]3CCC4=CC(=O)C=C[C@]4(C)[C@@]3(F)[C@@H](O)C[C@]2(C)[C@]1(OC(=O)c1ccccc1)C(=O)CCl. The molecule has 1 aromatic rings. The summed E-state index contributed by atoms with van der Waals surface area (Å²) in [6, 6.07) is 8.45. The van der Waals surface area contributed by atoms with Gasteiger partial charge in [-0.15, -0.1) is 11.6 Å². The quantitative estimate of drug-likeness (QED) is 0.451. The molecule has 1 N–H and O–H groups in total. The Labute approximate surface area is 215 Å². The highest BCUT2D eigenvalue weighted by Gasteiger charge is 2.77. The molecule has 3 saturated carbocycles. The van der Waals surface area contributed by atoms with E-state index in [2.05, 4.69) is 0 Å². The number of hydrogen-bond acceptors (Lipinski definition) is 5. The van der Waals surface area contributed by atoms with E-state index in [1.807, 2.05) is 13.8 Å². The van der Waals surface area contributed by atoms with E-state index in [9.17, 15) is 19.5 Å². The maximum atomic E-state index is 17.4. The van der Waals surface area contributed by atoms with E-state index in [0.717, 1.165) is 0 Å². The van der Waals surface area contributed by atoms with E-state index in [0.29, 0.717) is 30.4 Å². The van der Waals surface area contributed by atoms with E-state index in [1.165, 1.54) is 12.2 Å². The molecule has 4 aliphatic rings. The van der Waals surface area contributed by atoms with Crippen molar-refractivity contribution in [3.8, 4) is 0 Å². The summed E-state index contributed by atoms with van der Waals surface area (Å²) < 4.78 is 23.5. The van der Waals surface area contributed by atoms with Crippen molar-refractivity contribution in [2.75, 3.05) is 5.88 Å². The summed E-state index contributed by atoms with van der Waals surface area (Å²) in [5.41, 5.74) is -4.76. The Balaban J connectivity index is 1.61. The number of alkyl halides is 2. The lowest BCUT2D eigenvalue weighted by Crippen LogP contribution is -2.70. The number of allylic oxidation sites excluding steroid dienone is 4. The fourth-order valence-electron chi connectivity index (χ4n) is 8.28. The molecular formula is C29H32ClFO5. The standard InChI is InChI=1S/C29H32ClFO5/c1-17-13-22-21-10-9-19-14-20(32)11-12-26(19,2)28(21,31)23(33)15-27(22,3)29(17,24(34)16-30)36-25(35)18-7-5-4-6-8-18/h4-8,11-12,14,17,21-23,33H,9-10,13,15-16H2,1-3H3/t17-,21+,22+,23+,26+,27+,28+,29-/m1/s1. The molecule has 5 nitrogen and oxygen atoms in total.